The van der Waals surface area contributed by atoms with Crippen LogP contribution >= 0.6 is 0 Å². The van der Waals surface area contributed by atoms with Crippen molar-refractivity contribution >= 4 is 0 Å². The number of phenols is 1. The average molecular weight is 263 g/mol. The van der Waals surface area contributed by atoms with Gasteiger partial charge in [0.1, 0.15) is 0 Å². The van der Waals surface area contributed by atoms with Gasteiger partial charge < -0.3 is 15.2 Å². The topological polar surface area (TPSA) is 41.5 Å². The molecule has 0 amide bonds. The van der Waals surface area contributed by atoms with Crippen LogP contribution < -0.4 is 10.1 Å². The second-order valence-corrected chi connectivity index (χ2v) is 5.45. The molecule has 2 rings (SSSR count). The minimum absolute atomic E-state index is 0.220. The summed E-state index contributed by atoms with van der Waals surface area (Å²) < 4.78 is 5.06. The molecule has 1 aromatic rings. The van der Waals surface area contributed by atoms with Crippen LogP contribution in [0.1, 0.15) is 44.6 Å². The Morgan fingerprint density at radius 3 is 2.79 bits per heavy atom. The Bertz CT molecular complexity index is 406. The van der Waals surface area contributed by atoms with Crippen LogP contribution in [0.3, 0.4) is 0 Å². The highest BCUT2D eigenvalue weighted by Gasteiger charge is 2.22. The van der Waals surface area contributed by atoms with Crippen LogP contribution in [0.15, 0.2) is 18.2 Å². The first-order valence-corrected chi connectivity index (χ1v) is 7.33. The van der Waals surface area contributed by atoms with Crippen molar-refractivity contribution in [3.63, 3.8) is 0 Å². The van der Waals surface area contributed by atoms with Crippen LogP contribution in [0.4, 0.5) is 0 Å². The van der Waals surface area contributed by atoms with Gasteiger partial charge >= 0.3 is 0 Å². The molecule has 106 valence electrons. The van der Waals surface area contributed by atoms with E-state index in [0.29, 0.717) is 11.8 Å². The first-order chi connectivity index (χ1) is 9.24. The van der Waals surface area contributed by atoms with Gasteiger partial charge in [0, 0.05) is 12.6 Å². The van der Waals surface area contributed by atoms with Gasteiger partial charge in [0.15, 0.2) is 11.5 Å². The number of hydrogen-bond acceptors (Lipinski definition) is 3. The van der Waals surface area contributed by atoms with Gasteiger partial charge in [-0.25, -0.2) is 0 Å². The molecule has 2 N–H and O–H groups in total. The van der Waals surface area contributed by atoms with Crippen molar-refractivity contribution in [2.45, 2.75) is 51.6 Å². The summed E-state index contributed by atoms with van der Waals surface area (Å²) in [5, 5.41) is 13.4. The van der Waals surface area contributed by atoms with Crippen molar-refractivity contribution in [2.24, 2.45) is 5.92 Å². The molecular formula is C16H25NO2. The van der Waals surface area contributed by atoms with Gasteiger partial charge in [-0.05, 0) is 36.5 Å². The Kier molecular flexibility index (Phi) is 5.08. The quantitative estimate of drug-likeness (QED) is 0.855. The zero-order chi connectivity index (χ0) is 13.7. The number of methoxy groups -OCH3 is 1. The van der Waals surface area contributed by atoms with Crippen LogP contribution in [-0.2, 0) is 6.54 Å². The highest BCUT2D eigenvalue weighted by Crippen LogP contribution is 2.28. The van der Waals surface area contributed by atoms with Gasteiger partial charge in [-0.2, -0.15) is 0 Å². The molecule has 2 atom stereocenters. The third kappa shape index (κ3) is 3.63. The Hall–Kier alpha value is -1.22. The summed E-state index contributed by atoms with van der Waals surface area (Å²) in [7, 11) is 1.57. The summed E-state index contributed by atoms with van der Waals surface area (Å²) in [6, 6.07) is 6.25. The van der Waals surface area contributed by atoms with Gasteiger partial charge in [-0.15, -0.1) is 0 Å². The Balaban J connectivity index is 1.92. The SMILES string of the molecule is CCC1CCCCC1NCc1ccc(OC)c(O)c1. The molecule has 0 aliphatic heterocycles. The predicted octanol–water partition coefficient (Wildman–Crippen LogP) is 3.46. The monoisotopic (exact) mass is 263 g/mol. The molecule has 3 heteroatoms. The van der Waals surface area contributed by atoms with Crippen molar-refractivity contribution in [2.75, 3.05) is 7.11 Å². The zero-order valence-corrected chi connectivity index (χ0v) is 12.0. The standard InChI is InChI=1S/C16H25NO2/c1-3-13-6-4-5-7-14(13)17-11-12-8-9-16(19-2)15(18)10-12/h8-10,13-14,17-18H,3-7,11H2,1-2H3. The first kappa shape index (κ1) is 14.2. The highest BCUT2D eigenvalue weighted by atomic mass is 16.5. The normalized spacial score (nSPS) is 23.3. The fourth-order valence-electron chi connectivity index (χ4n) is 3.06. The molecule has 0 spiro atoms. The van der Waals surface area contributed by atoms with Crippen LogP contribution in [0.5, 0.6) is 11.5 Å². The lowest BCUT2D eigenvalue weighted by Gasteiger charge is -2.31. The number of ether oxygens (including phenoxy) is 1. The molecule has 2 unspecified atom stereocenters. The predicted molar refractivity (Wildman–Crippen MR) is 77.5 cm³/mol. The summed E-state index contributed by atoms with van der Waals surface area (Å²) in [6.45, 7) is 3.10. The zero-order valence-electron chi connectivity index (χ0n) is 12.0. The molecule has 19 heavy (non-hydrogen) atoms. The molecule has 1 aromatic carbocycles. The number of rotatable bonds is 5. The highest BCUT2D eigenvalue weighted by molar-refractivity contribution is 5.41. The minimum Gasteiger partial charge on any atom is -0.504 e. The number of benzene rings is 1. The summed E-state index contributed by atoms with van der Waals surface area (Å²) in [6.07, 6.45) is 6.59. The lowest BCUT2D eigenvalue weighted by atomic mass is 9.83. The number of nitrogens with one attached hydrogen (secondary N) is 1. The molecule has 1 fully saturated rings. The van der Waals surface area contributed by atoms with E-state index in [2.05, 4.69) is 12.2 Å². The Morgan fingerprint density at radius 1 is 1.32 bits per heavy atom. The van der Waals surface area contributed by atoms with Crippen LogP contribution in [0, 0.1) is 5.92 Å². The van der Waals surface area contributed by atoms with Crippen molar-refractivity contribution in [1.29, 1.82) is 0 Å². The summed E-state index contributed by atoms with van der Waals surface area (Å²) in [4.78, 5) is 0. The van der Waals surface area contributed by atoms with Gasteiger partial charge in [-0.1, -0.05) is 32.3 Å². The second-order valence-electron chi connectivity index (χ2n) is 5.45. The van der Waals surface area contributed by atoms with E-state index in [4.69, 9.17) is 4.74 Å². The van der Waals surface area contributed by atoms with E-state index in [1.807, 2.05) is 12.1 Å². The Morgan fingerprint density at radius 2 is 2.11 bits per heavy atom. The van der Waals surface area contributed by atoms with Crippen molar-refractivity contribution in [3.8, 4) is 11.5 Å². The lowest BCUT2D eigenvalue weighted by Crippen LogP contribution is -2.37. The van der Waals surface area contributed by atoms with E-state index in [-0.39, 0.29) is 5.75 Å². The molecule has 0 radical (unpaired) electrons. The third-order valence-corrected chi connectivity index (χ3v) is 4.25. The van der Waals surface area contributed by atoms with Gasteiger partial charge in [0.05, 0.1) is 7.11 Å². The van der Waals surface area contributed by atoms with Crippen molar-refractivity contribution < 1.29 is 9.84 Å². The fraction of sp³-hybridized carbons (Fsp3) is 0.625. The van der Waals surface area contributed by atoms with Crippen LogP contribution in [0.25, 0.3) is 0 Å². The second kappa shape index (κ2) is 6.80. The molecular weight excluding hydrogens is 238 g/mol. The largest absolute Gasteiger partial charge is 0.504 e. The van der Waals surface area contributed by atoms with Crippen molar-refractivity contribution in [3.05, 3.63) is 23.8 Å². The van der Waals surface area contributed by atoms with Crippen LogP contribution in [-0.4, -0.2) is 18.3 Å². The molecule has 1 saturated carbocycles. The molecule has 1 aliphatic carbocycles. The Labute approximate surface area is 116 Å². The number of hydrogen-bond donors (Lipinski definition) is 2. The lowest BCUT2D eigenvalue weighted by molar-refractivity contribution is 0.254. The van der Waals surface area contributed by atoms with E-state index >= 15 is 0 Å². The third-order valence-electron chi connectivity index (χ3n) is 4.25. The summed E-state index contributed by atoms with van der Waals surface area (Å²) in [5.74, 6) is 1.56. The van der Waals surface area contributed by atoms with Gasteiger partial charge in [-0.3, -0.25) is 0 Å². The molecule has 3 nitrogen and oxygen atoms in total. The summed E-state index contributed by atoms with van der Waals surface area (Å²) in [5.41, 5.74) is 1.11. The molecule has 1 aliphatic rings. The molecule has 0 heterocycles. The molecule has 0 bridgehead atoms. The maximum atomic E-state index is 9.77. The van der Waals surface area contributed by atoms with E-state index in [0.717, 1.165) is 18.0 Å². The minimum atomic E-state index is 0.220. The first-order valence-electron chi connectivity index (χ1n) is 7.33. The van der Waals surface area contributed by atoms with Gasteiger partial charge in [0.25, 0.3) is 0 Å². The fourth-order valence-corrected chi connectivity index (χ4v) is 3.06. The van der Waals surface area contributed by atoms with E-state index in [1.54, 1.807) is 13.2 Å². The molecule has 0 saturated heterocycles. The van der Waals surface area contributed by atoms with Crippen molar-refractivity contribution in [1.82, 2.24) is 5.32 Å². The number of phenolic OH excluding ortho intramolecular Hbond substituents is 1. The van der Waals surface area contributed by atoms with Crippen LogP contribution in [0.2, 0.25) is 0 Å². The molecule has 0 aromatic heterocycles. The number of aromatic hydroxyl groups is 1. The van der Waals surface area contributed by atoms with E-state index in [1.165, 1.54) is 32.1 Å². The average Bonchev–Trinajstić information content (AvgIpc) is 2.45. The summed E-state index contributed by atoms with van der Waals surface area (Å²) >= 11 is 0. The van der Waals surface area contributed by atoms with Gasteiger partial charge in [0.2, 0.25) is 0 Å². The smallest absolute Gasteiger partial charge is 0.160 e. The maximum absolute atomic E-state index is 9.77. The van der Waals surface area contributed by atoms with E-state index < -0.39 is 0 Å². The maximum Gasteiger partial charge on any atom is 0.160 e. The van der Waals surface area contributed by atoms with E-state index in [9.17, 15) is 5.11 Å².